The van der Waals surface area contributed by atoms with E-state index >= 15 is 0 Å². The van der Waals surface area contributed by atoms with E-state index in [0.717, 1.165) is 17.0 Å². The van der Waals surface area contributed by atoms with Gasteiger partial charge in [-0.25, -0.2) is 4.98 Å². The van der Waals surface area contributed by atoms with Gasteiger partial charge >= 0.3 is 0 Å². The van der Waals surface area contributed by atoms with Gasteiger partial charge in [0.15, 0.2) is 0 Å². The van der Waals surface area contributed by atoms with Gasteiger partial charge in [0.2, 0.25) is 5.28 Å². The summed E-state index contributed by atoms with van der Waals surface area (Å²) in [6, 6.07) is 13.8. The first-order valence-corrected chi connectivity index (χ1v) is 6.01. The predicted octanol–water partition coefficient (Wildman–Crippen LogP) is 3.84. The van der Waals surface area contributed by atoms with E-state index in [-0.39, 0.29) is 0 Å². The van der Waals surface area contributed by atoms with E-state index in [2.05, 4.69) is 4.98 Å². The van der Waals surface area contributed by atoms with Gasteiger partial charge in [-0.15, -0.1) is 0 Å². The molecule has 0 aliphatic carbocycles. The Kier molecular flexibility index (Phi) is 2.90. The number of hydrogen-bond acceptors (Lipinski definition) is 2. The van der Waals surface area contributed by atoms with Crippen molar-refractivity contribution in [3.8, 4) is 11.3 Å². The molecule has 18 heavy (non-hydrogen) atoms. The molecule has 3 rings (SSSR count). The van der Waals surface area contributed by atoms with Crippen LogP contribution in [-0.4, -0.2) is 9.55 Å². The zero-order chi connectivity index (χ0) is 12.4. The van der Waals surface area contributed by atoms with E-state index in [1.807, 2.05) is 47.0 Å². The molecule has 3 aromatic rings. The highest BCUT2D eigenvalue weighted by molar-refractivity contribution is 6.28. The molecule has 2 heterocycles. The van der Waals surface area contributed by atoms with E-state index in [1.165, 1.54) is 0 Å². The summed E-state index contributed by atoms with van der Waals surface area (Å²) in [6.45, 7) is 0.579. The molecule has 0 saturated carbocycles. The van der Waals surface area contributed by atoms with E-state index in [0.29, 0.717) is 11.8 Å². The van der Waals surface area contributed by atoms with Crippen molar-refractivity contribution in [2.45, 2.75) is 6.54 Å². The van der Waals surface area contributed by atoms with Gasteiger partial charge in [-0.1, -0.05) is 30.3 Å². The molecule has 0 spiro atoms. The average Bonchev–Trinajstić information content (AvgIpc) is 3.03. The van der Waals surface area contributed by atoms with E-state index in [9.17, 15) is 0 Å². The molecule has 2 aromatic heterocycles. The standard InChI is InChI=1S/C14H11ClN2O/c15-14-16-9-13(11-5-2-1-3-6-11)17(14)10-12-7-4-8-18-12/h1-9H,10H2. The summed E-state index contributed by atoms with van der Waals surface area (Å²) in [5.74, 6) is 0.854. The Labute approximate surface area is 110 Å². The van der Waals surface area contributed by atoms with Crippen LogP contribution in [-0.2, 0) is 6.54 Å². The van der Waals surface area contributed by atoms with Gasteiger partial charge in [0.05, 0.1) is 24.7 Å². The summed E-state index contributed by atoms with van der Waals surface area (Å²) < 4.78 is 7.27. The number of furan rings is 1. The number of nitrogens with zero attached hydrogens (tertiary/aromatic N) is 2. The third kappa shape index (κ3) is 2.05. The van der Waals surface area contributed by atoms with Crippen LogP contribution in [0.5, 0.6) is 0 Å². The number of imidazole rings is 1. The van der Waals surface area contributed by atoms with Gasteiger partial charge in [-0.3, -0.25) is 0 Å². The van der Waals surface area contributed by atoms with Crippen LogP contribution in [0.3, 0.4) is 0 Å². The lowest BCUT2D eigenvalue weighted by Crippen LogP contribution is -2.00. The molecule has 4 heteroatoms. The summed E-state index contributed by atoms with van der Waals surface area (Å²) in [6.07, 6.45) is 3.43. The molecule has 0 atom stereocenters. The van der Waals surface area contributed by atoms with Crippen molar-refractivity contribution in [3.63, 3.8) is 0 Å². The van der Waals surface area contributed by atoms with Crippen molar-refractivity contribution in [2.75, 3.05) is 0 Å². The largest absolute Gasteiger partial charge is 0.467 e. The second-order valence-electron chi connectivity index (χ2n) is 3.94. The maximum atomic E-state index is 6.12. The second kappa shape index (κ2) is 4.70. The van der Waals surface area contributed by atoms with Gasteiger partial charge in [-0.2, -0.15) is 0 Å². The first-order chi connectivity index (χ1) is 8.84. The maximum Gasteiger partial charge on any atom is 0.203 e. The highest BCUT2D eigenvalue weighted by Crippen LogP contribution is 2.24. The first kappa shape index (κ1) is 11.1. The van der Waals surface area contributed by atoms with Crippen molar-refractivity contribution >= 4 is 11.6 Å². The van der Waals surface area contributed by atoms with Crippen LogP contribution in [0.4, 0.5) is 0 Å². The molecule has 0 aliphatic heterocycles. The average molecular weight is 259 g/mol. The fourth-order valence-electron chi connectivity index (χ4n) is 1.90. The Balaban J connectivity index is 2.02. The molecule has 0 radical (unpaired) electrons. The molecule has 3 nitrogen and oxygen atoms in total. The fourth-order valence-corrected chi connectivity index (χ4v) is 2.10. The summed E-state index contributed by atoms with van der Waals surface area (Å²) in [7, 11) is 0. The Morgan fingerprint density at radius 2 is 1.94 bits per heavy atom. The van der Waals surface area contributed by atoms with Gasteiger partial charge in [0.1, 0.15) is 5.76 Å². The lowest BCUT2D eigenvalue weighted by atomic mass is 10.2. The quantitative estimate of drug-likeness (QED) is 0.715. The van der Waals surface area contributed by atoms with Crippen molar-refractivity contribution in [1.29, 1.82) is 0 Å². The molecule has 90 valence electrons. The summed E-state index contributed by atoms with van der Waals surface area (Å²) in [5.41, 5.74) is 2.07. The molecule has 0 bridgehead atoms. The number of benzene rings is 1. The minimum Gasteiger partial charge on any atom is -0.467 e. The third-order valence-corrected chi connectivity index (χ3v) is 3.07. The van der Waals surface area contributed by atoms with Crippen LogP contribution in [0, 0.1) is 0 Å². The Hall–Kier alpha value is -2.00. The van der Waals surface area contributed by atoms with E-state index in [4.69, 9.17) is 16.0 Å². The Morgan fingerprint density at radius 3 is 2.67 bits per heavy atom. The topological polar surface area (TPSA) is 31.0 Å². The molecule has 0 aliphatic rings. The van der Waals surface area contributed by atoms with Crippen LogP contribution >= 0.6 is 11.6 Å². The van der Waals surface area contributed by atoms with E-state index < -0.39 is 0 Å². The first-order valence-electron chi connectivity index (χ1n) is 5.63. The van der Waals surface area contributed by atoms with Crippen LogP contribution in [0.25, 0.3) is 11.3 Å². The van der Waals surface area contributed by atoms with Crippen LogP contribution < -0.4 is 0 Å². The molecule has 1 aromatic carbocycles. The number of hydrogen-bond donors (Lipinski definition) is 0. The molecule has 0 amide bonds. The van der Waals surface area contributed by atoms with Crippen molar-refractivity contribution in [1.82, 2.24) is 9.55 Å². The molecule has 0 N–H and O–H groups in total. The van der Waals surface area contributed by atoms with Gasteiger partial charge < -0.3 is 8.98 Å². The van der Waals surface area contributed by atoms with Gasteiger partial charge in [-0.05, 0) is 29.3 Å². The molecular weight excluding hydrogens is 248 g/mol. The summed E-state index contributed by atoms with van der Waals surface area (Å²) >= 11 is 6.12. The van der Waals surface area contributed by atoms with Crippen molar-refractivity contribution in [2.24, 2.45) is 0 Å². The lowest BCUT2D eigenvalue weighted by Gasteiger charge is -2.07. The molecule has 0 saturated heterocycles. The fraction of sp³-hybridized carbons (Fsp3) is 0.0714. The maximum absolute atomic E-state index is 6.12. The third-order valence-electron chi connectivity index (χ3n) is 2.77. The van der Waals surface area contributed by atoms with Gasteiger partial charge in [0.25, 0.3) is 0 Å². The Bertz CT molecular complexity index is 629. The zero-order valence-electron chi connectivity index (χ0n) is 9.58. The minimum absolute atomic E-state index is 0.463. The van der Waals surface area contributed by atoms with Crippen LogP contribution in [0.1, 0.15) is 5.76 Å². The predicted molar refractivity (Wildman–Crippen MR) is 70.5 cm³/mol. The normalized spacial score (nSPS) is 10.7. The molecule has 0 unspecified atom stereocenters. The van der Waals surface area contributed by atoms with Crippen molar-refractivity contribution < 1.29 is 4.42 Å². The Morgan fingerprint density at radius 1 is 1.11 bits per heavy atom. The number of rotatable bonds is 3. The van der Waals surface area contributed by atoms with Gasteiger partial charge in [0, 0.05) is 0 Å². The monoisotopic (exact) mass is 258 g/mol. The second-order valence-corrected chi connectivity index (χ2v) is 4.28. The lowest BCUT2D eigenvalue weighted by molar-refractivity contribution is 0.494. The summed E-state index contributed by atoms with van der Waals surface area (Å²) in [5, 5.41) is 0.463. The number of halogens is 1. The number of aromatic nitrogens is 2. The van der Waals surface area contributed by atoms with Crippen molar-refractivity contribution in [3.05, 3.63) is 66.0 Å². The molecule has 0 fully saturated rings. The SMILES string of the molecule is Clc1ncc(-c2ccccc2)n1Cc1ccco1. The zero-order valence-corrected chi connectivity index (χ0v) is 10.3. The highest BCUT2D eigenvalue weighted by Gasteiger charge is 2.11. The summed E-state index contributed by atoms with van der Waals surface area (Å²) in [4.78, 5) is 4.16. The minimum atomic E-state index is 0.463. The van der Waals surface area contributed by atoms with Crippen LogP contribution in [0.2, 0.25) is 5.28 Å². The smallest absolute Gasteiger partial charge is 0.203 e. The molecular formula is C14H11ClN2O. The van der Waals surface area contributed by atoms with Crippen LogP contribution in [0.15, 0.2) is 59.3 Å². The highest BCUT2D eigenvalue weighted by atomic mass is 35.5. The van der Waals surface area contributed by atoms with E-state index in [1.54, 1.807) is 12.5 Å².